The molecule has 1 fully saturated rings. The Morgan fingerprint density at radius 3 is 2.36 bits per heavy atom. The maximum atomic E-state index is 12.0. The Labute approximate surface area is 146 Å². The van der Waals surface area contributed by atoms with Gasteiger partial charge in [0.25, 0.3) is 0 Å². The lowest BCUT2D eigenvalue weighted by atomic mass is 10.1. The highest BCUT2D eigenvalue weighted by molar-refractivity contribution is 5.85. The van der Waals surface area contributed by atoms with Crippen molar-refractivity contribution in [2.75, 3.05) is 34.2 Å². The molecule has 1 saturated heterocycles. The highest BCUT2D eigenvalue weighted by atomic mass is 35.5. The molecular weight excluding hydrogens is 321 g/mol. The normalized spacial score (nSPS) is 17.5. The van der Waals surface area contributed by atoms with Gasteiger partial charge in [0.2, 0.25) is 5.91 Å². The number of halogens is 2. The van der Waals surface area contributed by atoms with Crippen LogP contribution >= 0.6 is 24.8 Å². The van der Waals surface area contributed by atoms with Crippen LogP contribution in [-0.2, 0) is 17.9 Å². The molecule has 0 radical (unpaired) electrons. The van der Waals surface area contributed by atoms with Crippen LogP contribution < -0.4 is 5.32 Å². The van der Waals surface area contributed by atoms with Gasteiger partial charge in [-0.3, -0.25) is 9.69 Å². The molecule has 1 aromatic rings. The Balaban J connectivity index is 0.00000220. The molecule has 126 valence electrons. The summed E-state index contributed by atoms with van der Waals surface area (Å²) in [6, 6.07) is 8.72. The van der Waals surface area contributed by atoms with E-state index in [9.17, 15) is 4.79 Å². The van der Waals surface area contributed by atoms with E-state index in [4.69, 9.17) is 0 Å². The molecule has 1 amide bonds. The zero-order chi connectivity index (χ0) is 14.5. The van der Waals surface area contributed by atoms with Crippen molar-refractivity contribution in [3.63, 3.8) is 0 Å². The summed E-state index contributed by atoms with van der Waals surface area (Å²) in [5.41, 5.74) is 2.63. The molecule has 2 rings (SSSR count). The summed E-state index contributed by atoms with van der Waals surface area (Å²) in [5, 5.41) is 3.15. The van der Waals surface area contributed by atoms with Crippen molar-refractivity contribution in [1.29, 1.82) is 0 Å². The Morgan fingerprint density at radius 1 is 1.23 bits per heavy atom. The molecule has 6 heteroatoms. The molecule has 0 spiro atoms. The molecule has 1 aliphatic rings. The van der Waals surface area contributed by atoms with E-state index in [2.05, 4.69) is 34.5 Å². The Hall–Kier alpha value is -0.810. The number of carbonyl (C=O) groups is 1. The monoisotopic (exact) mass is 347 g/mol. The molecule has 1 heterocycles. The van der Waals surface area contributed by atoms with Crippen LogP contribution in [0.5, 0.6) is 0 Å². The van der Waals surface area contributed by atoms with Crippen LogP contribution in [0.25, 0.3) is 0 Å². The van der Waals surface area contributed by atoms with E-state index in [-0.39, 0.29) is 36.6 Å². The highest BCUT2D eigenvalue weighted by Crippen LogP contribution is 2.20. The van der Waals surface area contributed by atoms with Gasteiger partial charge in [0.05, 0.1) is 5.92 Å². The summed E-state index contributed by atoms with van der Waals surface area (Å²) in [5.74, 6) is 0.436. The Morgan fingerprint density at radius 2 is 1.82 bits per heavy atom. The van der Waals surface area contributed by atoms with E-state index in [0.717, 1.165) is 32.6 Å². The zero-order valence-electron chi connectivity index (χ0n) is 13.5. The van der Waals surface area contributed by atoms with E-state index in [1.54, 1.807) is 4.90 Å². The number of likely N-dealkylation sites (tertiary alicyclic amines) is 1. The van der Waals surface area contributed by atoms with Crippen molar-refractivity contribution in [3.8, 4) is 0 Å². The number of nitrogens with one attached hydrogen (secondary N) is 1. The number of hydrogen-bond acceptors (Lipinski definition) is 3. The zero-order valence-corrected chi connectivity index (χ0v) is 15.2. The average molecular weight is 348 g/mol. The third kappa shape index (κ3) is 5.76. The number of carbonyl (C=O) groups excluding carboxylic acids is 1. The first-order valence-corrected chi connectivity index (χ1v) is 7.26. The van der Waals surface area contributed by atoms with Crippen LogP contribution in [0, 0.1) is 5.92 Å². The molecule has 1 unspecified atom stereocenters. The molecular formula is C16H27Cl2N3O. The van der Waals surface area contributed by atoms with Gasteiger partial charge in [0, 0.05) is 33.7 Å². The number of nitrogens with zero attached hydrogens (tertiary/aromatic N) is 2. The van der Waals surface area contributed by atoms with Crippen molar-refractivity contribution in [2.45, 2.75) is 19.5 Å². The fraction of sp³-hybridized carbons (Fsp3) is 0.562. The van der Waals surface area contributed by atoms with E-state index in [0.29, 0.717) is 0 Å². The standard InChI is InChI=1S/C16H25N3O.2ClH/c1-17-10-13-4-6-14(7-5-13)11-19-9-8-15(12-19)16(20)18(2)3;;/h4-7,15,17H,8-12H2,1-3H3;2*1H. The van der Waals surface area contributed by atoms with Crippen LogP contribution in [-0.4, -0.2) is 49.9 Å². The first-order valence-electron chi connectivity index (χ1n) is 7.26. The molecule has 0 saturated carbocycles. The summed E-state index contributed by atoms with van der Waals surface area (Å²) in [7, 11) is 5.64. The average Bonchev–Trinajstić information content (AvgIpc) is 2.89. The second kappa shape index (κ2) is 10.1. The molecule has 1 N–H and O–H groups in total. The summed E-state index contributed by atoms with van der Waals surface area (Å²) in [6.07, 6.45) is 0.981. The van der Waals surface area contributed by atoms with Gasteiger partial charge in [-0.1, -0.05) is 24.3 Å². The predicted molar refractivity (Wildman–Crippen MR) is 95.8 cm³/mol. The molecule has 22 heavy (non-hydrogen) atoms. The fourth-order valence-corrected chi connectivity index (χ4v) is 2.77. The van der Waals surface area contributed by atoms with E-state index >= 15 is 0 Å². The van der Waals surface area contributed by atoms with Gasteiger partial charge >= 0.3 is 0 Å². The third-order valence-electron chi connectivity index (χ3n) is 3.87. The van der Waals surface area contributed by atoms with Crippen molar-refractivity contribution in [1.82, 2.24) is 15.1 Å². The quantitative estimate of drug-likeness (QED) is 0.886. The van der Waals surface area contributed by atoms with Crippen molar-refractivity contribution < 1.29 is 4.79 Å². The molecule has 0 bridgehead atoms. The highest BCUT2D eigenvalue weighted by Gasteiger charge is 2.28. The molecule has 1 aliphatic heterocycles. The van der Waals surface area contributed by atoms with Gasteiger partial charge in [-0.15, -0.1) is 24.8 Å². The van der Waals surface area contributed by atoms with Gasteiger partial charge in [-0.05, 0) is 31.1 Å². The lowest BCUT2D eigenvalue weighted by molar-refractivity contribution is -0.132. The van der Waals surface area contributed by atoms with E-state index in [1.807, 2.05) is 21.1 Å². The van der Waals surface area contributed by atoms with Gasteiger partial charge < -0.3 is 10.2 Å². The minimum absolute atomic E-state index is 0. The maximum absolute atomic E-state index is 12.0. The van der Waals surface area contributed by atoms with Gasteiger partial charge in [0.15, 0.2) is 0 Å². The van der Waals surface area contributed by atoms with E-state index in [1.165, 1.54) is 11.1 Å². The Kier molecular flexibility index (Phi) is 9.69. The van der Waals surface area contributed by atoms with Crippen molar-refractivity contribution in [3.05, 3.63) is 35.4 Å². The first-order chi connectivity index (χ1) is 9.60. The molecule has 1 atom stereocenters. The number of rotatable bonds is 5. The topological polar surface area (TPSA) is 35.6 Å². The molecule has 1 aromatic carbocycles. The summed E-state index contributed by atoms with van der Waals surface area (Å²) in [6.45, 7) is 3.75. The van der Waals surface area contributed by atoms with Gasteiger partial charge in [0.1, 0.15) is 0 Å². The van der Waals surface area contributed by atoms with Crippen LogP contribution in [0.1, 0.15) is 17.5 Å². The number of hydrogen-bond donors (Lipinski definition) is 1. The lowest BCUT2D eigenvalue weighted by Gasteiger charge is -2.18. The van der Waals surface area contributed by atoms with Crippen molar-refractivity contribution >= 4 is 30.7 Å². The van der Waals surface area contributed by atoms with Gasteiger partial charge in [-0.25, -0.2) is 0 Å². The smallest absolute Gasteiger partial charge is 0.226 e. The fourth-order valence-electron chi connectivity index (χ4n) is 2.77. The Bertz CT molecular complexity index is 451. The summed E-state index contributed by atoms with van der Waals surface area (Å²) < 4.78 is 0. The SMILES string of the molecule is CNCc1ccc(CN2CCC(C(=O)N(C)C)C2)cc1.Cl.Cl. The third-order valence-corrected chi connectivity index (χ3v) is 3.87. The number of amides is 1. The largest absolute Gasteiger partial charge is 0.349 e. The van der Waals surface area contributed by atoms with Crippen LogP contribution in [0.3, 0.4) is 0 Å². The van der Waals surface area contributed by atoms with E-state index < -0.39 is 0 Å². The van der Waals surface area contributed by atoms with Crippen LogP contribution in [0.2, 0.25) is 0 Å². The first kappa shape index (κ1) is 21.2. The summed E-state index contributed by atoms with van der Waals surface area (Å²) >= 11 is 0. The minimum Gasteiger partial charge on any atom is -0.349 e. The van der Waals surface area contributed by atoms with Crippen LogP contribution in [0.4, 0.5) is 0 Å². The second-order valence-electron chi connectivity index (χ2n) is 5.80. The maximum Gasteiger partial charge on any atom is 0.226 e. The van der Waals surface area contributed by atoms with Crippen LogP contribution in [0.15, 0.2) is 24.3 Å². The number of benzene rings is 1. The molecule has 4 nitrogen and oxygen atoms in total. The van der Waals surface area contributed by atoms with Gasteiger partial charge in [-0.2, -0.15) is 0 Å². The molecule has 0 aromatic heterocycles. The van der Waals surface area contributed by atoms with Crippen molar-refractivity contribution in [2.24, 2.45) is 5.92 Å². The minimum atomic E-state index is 0. The summed E-state index contributed by atoms with van der Waals surface area (Å²) in [4.78, 5) is 16.0. The predicted octanol–water partition coefficient (Wildman–Crippen LogP) is 2.16. The lowest BCUT2D eigenvalue weighted by Crippen LogP contribution is -2.31. The second-order valence-corrected chi connectivity index (χ2v) is 5.80. The molecule has 0 aliphatic carbocycles.